The van der Waals surface area contributed by atoms with Crippen LogP contribution in [-0.4, -0.2) is 34.6 Å². The standard InChI is InChI=1S/C15H28N6/c1-2-3-4-5-6-7-10-17-14-18-13(16)19-15(20-14)21-11-8-9-12-21/h2-12H2,1H3,(H3,16,17,18,19,20). The SMILES string of the molecule is CCCCCCCCNc1nc(N)nc(N2CCCC2)n1. The minimum atomic E-state index is 0.303. The summed E-state index contributed by atoms with van der Waals surface area (Å²) in [6, 6.07) is 0. The lowest BCUT2D eigenvalue weighted by atomic mass is 10.1. The third-order valence-corrected chi connectivity index (χ3v) is 3.84. The number of rotatable bonds is 9. The van der Waals surface area contributed by atoms with Crippen molar-refractivity contribution in [1.82, 2.24) is 15.0 Å². The molecule has 1 aromatic rings. The molecule has 0 unspecified atom stereocenters. The Kier molecular flexibility index (Phi) is 6.50. The van der Waals surface area contributed by atoms with Crippen LogP contribution in [0.4, 0.5) is 17.8 Å². The minimum Gasteiger partial charge on any atom is -0.368 e. The Bertz CT molecular complexity index is 417. The van der Waals surface area contributed by atoms with Gasteiger partial charge in [-0.1, -0.05) is 39.0 Å². The fourth-order valence-electron chi connectivity index (χ4n) is 2.62. The summed E-state index contributed by atoms with van der Waals surface area (Å²) >= 11 is 0. The maximum Gasteiger partial charge on any atom is 0.231 e. The van der Waals surface area contributed by atoms with E-state index in [1.165, 1.54) is 44.9 Å². The smallest absolute Gasteiger partial charge is 0.231 e. The van der Waals surface area contributed by atoms with Gasteiger partial charge in [-0.2, -0.15) is 15.0 Å². The second kappa shape index (κ2) is 8.64. The predicted molar refractivity (Wildman–Crippen MR) is 87.6 cm³/mol. The molecule has 1 aromatic heterocycles. The number of hydrogen-bond donors (Lipinski definition) is 2. The topological polar surface area (TPSA) is 80.0 Å². The van der Waals surface area contributed by atoms with E-state index in [2.05, 4.69) is 32.1 Å². The third-order valence-electron chi connectivity index (χ3n) is 3.84. The van der Waals surface area contributed by atoms with Crippen molar-refractivity contribution in [3.63, 3.8) is 0 Å². The summed E-state index contributed by atoms with van der Waals surface area (Å²) in [7, 11) is 0. The zero-order valence-corrected chi connectivity index (χ0v) is 13.1. The van der Waals surface area contributed by atoms with Crippen molar-refractivity contribution >= 4 is 17.8 Å². The van der Waals surface area contributed by atoms with Crippen molar-refractivity contribution in [3.05, 3.63) is 0 Å². The normalized spacial score (nSPS) is 14.6. The molecule has 1 fully saturated rings. The van der Waals surface area contributed by atoms with Crippen LogP contribution in [0.2, 0.25) is 0 Å². The average molecular weight is 292 g/mol. The van der Waals surface area contributed by atoms with E-state index in [0.29, 0.717) is 17.8 Å². The van der Waals surface area contributed by atoms with Crippen LogP contribution in [0.15, 0.2) is 0 Å². The average Bonchev–Trinajstić information content (AvgIpc) is 3.00. The monoisotopic (exact) mass is 292 g/mol. The molecular weight excluding hydrogens is 264 g/mol. The van der Waals surface area contributed by atoms with E-state index in [1.54, 1.807) is 0 Å². The highest BCUT2D eigenvalue weighted by molar-refractivity contribution is 5.42. The molecular formula is C15H28N6. The molecule has 0 saturated carbocycles. The van der Waals surface area contributed by atoms with Crippen molar-refractivity contribution in [2.75, 3.05) is 35.6 Å². The number of nitrogens with two attached hydrogens (primary N) is 1. The number of anilines is 3. The molecule has 6 nitrogen and oxygen atoms in total. The van der Waals surface area contributed by atoms with Crippen LogP contribution in [0.5, 0.6) is 0 Å². The highest BCUT2D eigenvalue weighted by Gasteiger charge is 2.16. The Balaban J connectivity index is 1.75. The summed E-state index contributed by atoms with van der Waals surface area (Å²) < 4.78 is 0. The van der Waals surface area contributed by atoms with Gasteiger partial charge in [0.25, 0.3) is 0 Å². The molecule has 2 rings (SSSR count). The Hall–Kier alpha value is -1.59. The van der Waals surface area contributed by atoms with Gasteiger partial charge in [-0.25, -0.2) is 0 Å². The van der Waals surface area contributed by atoms with Gasteiger partial charge in [0.15, 0.2) is 0 Å². The molecule has 1 saturated heterocycles. The maximum absolute atomic E-state index is 5.78. The summed E-state index contributed by atoms with van der Waals surface area (Å²) in [5.41, 5.74) is 5.78. The van der Waals surface area contributed by atoms with Crippen molar-refractivity contribution in [2.45, 2.75) is 58.3 Å². The summed E-state index contributed by atoms with van der Waals surface area (Å²) in [6.07, 6.45) is 10.1. The number of nitrogen functional groups attached to an aromatic ring is 1. The van der Waals surface area contributed by atoms with Crippen LogP contribution >= 0.6 is 0 Å². The predicted octanol–water partition coefficient (Wildman–Crippen LogP) is 2.83. The number of nitrogens with one attached hydrogen (secondary N) is 1. The molecule has 118 valence electrons. The van der Waals surface area contributed by atoms with Crippen molar-refractivity contribution in [3.8, 4) is 0 Å². The van der Waals surface area contributed by atoms with E-state index in [1.807, 2.05) is 0 Å². The number of nitrogens with zero attached hydrogens (tertiary/aromatic N) is 4. The highest BCUT2D eigenvalue weighted by atomic mass is 15.3. The first-order chi connectivity index (χ1) is 10.3. The summed E-state index contributed by atoms with van der Waals surface area (Å²) in [4.78, 5) is 15.1. The third kappa shape index (κ3) is 5.36. The van der Waals surface area contributed by atoms with Crippen molar-refractivity contribution in [2.24, 2.45) is 0 Å². The second-order valence-electron chi connectivity index (χ2n) is 5.71. The fourth-order valence-corrected chi connectivity index (χ4v) is 2.62. The van der Waals surface area contributed by atoms with Crippen LogP contribution in [0.3, 0.4) is 0 Å². The number of hydrogen-bond acceptors (Lipinski definition) is 6. The molecule has 3 N–H and O–H groups in total. The first kappa shape index (κ1) is 15.8. The van der Waals surface area contributed by atoms with Crippen LogP contribution in [0.1, 0.15) is 58.3 Å². The van der Waals surface area contributed by atoms with Gasteiger partial charge in [-0.3, -0.25) is 0 Å². The van der Waals surface area contributed by atoms with Crippen molar-refractivity contribution < 1.29 is 0 Å². The molecule has 0 aliphatic carbocycles. The fraction of sp³-hybridized carbons (Fsp3) is 0.800. The van der Waals surface area contributed by atoms with Gasteiger partial charge in [0.2, 0.25) is 17.8 Å². The molecule has 0 amide bonds. The maximum atomic E-state index is 5.78. The molecule has 0 spiro atoms. The first-order valence-corrected chi connectivity index (χ1v) is 8.30. The Morgan fingerprint density at radius 2 is 1.71 bits per heavy atom. The zero-order chi connectivity index (χ0) is 14.9. The largest absolute Gasteiger partial charge is 0.368 e. The van der Waals surface area contributed by atoms with Gasteiger partial charge in [0.1, 0.15) is 0 Å². The van der Waals surface area contributed by atoms with Crippen LogP contribution in [0.25, 0.3) is 0 Å². The molecule has 0 aromatic carbocycles. The van der Waals surface area contributed by atoms with E-state index < -0.39 is 0 Å². The van der Waals surface area contributed by atoms with Gasteiger partial charge in [0, 0.05) is 19.6 Å². The lowest BCUT2D eigenvalue weighted by Crippen LogP contribution is -2.22. The Morgan fingerprint density at radius 3 is 2.48 bits per heavy atom. The van der Waals surface area contributed by atoms with Crippen molar-refractivity contribution in [1.29, 1.82) is 0 Å². The van der Waals surface area contributed by atoms with E-state index in [9.17, 15) is 0 Å². The lowest BCUT2D eigenvalue weighted by molar-refractivity contribution is 0.616. The quantitative estimate of drug-likeness (QED) is 0.681. The van der Waals surface area contributed by atoms with Crippen LogP contribution in [-0.2, 0) is 0 Å². The Morgan fingerprint density at radius 1 is 1.00 bits per heavy atom. The van der Waals surface area contributed by atoms with E-state index in [4.69, 9.17) is 5.73 Å². The summed E-state index contributed by atoms with van der Waals surface area (Å²) in [5.74, 6) is 1.63. The molecule has 0 radical (unpaired) electrons. The van der Waals surface area contributed by atoms with E-state index in [-0.39, 0.29) is 0 Å². The zero-order valence-electron chi connectivity index (χ0n) is 13.1. The van der Waals surface area contributed by atoms with Gasteiger partial charge in [0.05, 0.1) is 0 Å². The first-order valence-electron chi connectivity index (χ1n) is 8.30. The molecule has 0 atom stereocenters. The van der Waals surface area contributed by atoms with Crippen LogP contribution < -0.4 is 16.0 Å². The molecule has 21 heavy (non-hydrogen) atoms. The molecule has 2 heterocycles. The Labute approximate surface area is 127 Å². The van der Waals surface area contributed by atoms with Gasteiger partial charge in [-0.05, 0) is 19.3 Å². The second-order valence-corrected chi connectivity index (χ2v) is 5.71. The van der Waals surface area contributed by atoms with Gasteiger partial charge < -0.3 is 16.0 Å². The highest BCUT2D eigenvalue weighted by Crippen LogP contribution is 2.17. The molecule has 1 aliphatic rings. The van der Waals surface area contributed by atoms with E-state index >= 15 is 0 Å². The van der Waals surface area contributed by atoms with Crippen LogP contribution in [0, 0.1) is 0 Å². The van der Waals surface area contributed by atoms with E-state index in [0.717, 1.165) is 26.1 Å². The van der Waals surface area contributed by atoms with Gasteiger partial charge in [-0.15, -0.1) is 0 Å². The lowest BCUT2D eigenvalue weighted by Gasteiger charge is -2.16. The molecule has 6 heteroatoms. The number of aromatic nitrogens is 3. The summed E-state index contributed by atoms with van der Waals surface area (Å²) in [5, 5.41) is 3.27. The molecule has 0 bridgehead atoms. The molecule has 1 aliphatic heterocycles. The summed E-state index contributed by atoms with van der Waals surface area (Å²) in [6.45, 7) is 5.17. The van der Waals surface area contributed by atoms with Gasteiger partial charge >= 0.3 is 0 Å². The minimum absolute atomic E-state index is 0.303. The number of unbranched alkanes of at least 4 members (excludes halogenated alkanes) is 5.